The van der Waals surface area contributed by atoms with Gasteiger partial charge in [0.1, 0.15) is 101 Å². The van der Waals surface area contributed by atoms with Crippen LogP contribution in [0.5, 0.6) is 46.0 Å². The highest BCUT2D eigenvalue weighted by molar-refractivity contribution is 7.71. The molecule has 4 fully saturated rings. The summed E-state index contributed by atoms with van der Waals surface area (Å²) in [6, 6.07) is 19.0. The van der Waals surface area contributed by atoms with Crippen LogP contribution in [0, 0.1) is 14.3 Å². The molecule has 4 saturated heterocycles. The maximum absolute atomic E-state index is 15.9. The van der Waals surface area contributed by atoms with E-state index in [9.17, 15) is 78.3 Å². The number of ether oxygens (including phenoxy) is 8. The van der Waals surface area contributed by atoms with Gasteiger partial charge in [-0.15, -0.1) is 0 Å². The third-order valence-corrected chi connectivity index (χ3v) is 25.7. The van der Waals surface area contributed by atoms with Crippen LogP contribution in [0.2, 0.25) is 15.1 Å². The number of hydrogen-bond donors (Lipinski definition) is 12. The zero-order valence-corrected chi connectivity index (χ0v) is 73.8. The number of aromatic nitrogens is 6. The van der Waals surface area contributed by atoms with E-state index in [0.29, 0.717) is 31.7 Å². The van der Waals surface area contributed by atoms with Gasteiger partial charge in [0, 0.05) is 47.0 Å². The molecule has 9 aliphatic heterocycles. The van der Waals surface area contributed by atoms with Crippen LogP contribution >= 0.6 is 114 Å². The SMILES string of the molecule is COc1cccc2c1OP(=O)(OC[C@@]1(F)O[C@@H](n3cc(Cl)c(=O)[nH]c3=S)[C@H](O)[C@@H]1O)OC2.[2H]C([2H])(OP1(=O)OCc2cccc(OC)c2O1)[C@@]1(F)O[C@@H](n2cc(Cl)c(=O)[nH]c2=S)[C@H](O)[C@@H]1O.[2H]C([2H])(OP1(=O)OCc2cccc(OC)c2O1)[C@@]1(F)O[C@@]([2H])(N2C=C(Cl)C(=O)NC2=C)[C@H](O)[C@@H]1O.[2H][C@@]1(n2cc(Cl)c(=O)[nH]c2=S)O[C@](F)(COP2(=O)OCc3cccc(OC)c3O2)[C@@H](O)[C@H]1O. The number of phosphoric ester groups is 4. The largest absolute Gasteiger partial charge is 0.530 e. The van der Waals surface area contributed by atoms with Crippen LogP contribution < -0.4 is 59.0 Å². The highest BCUT2D eigenvalue weighted by atomic mass is 35.5. The highest BCUT2D eigenvalue weighted by Crippen LogP contribution is 2.62. The summed E-state index contributed by atoms with van der Waals surface area (Å²) in [5.41, 5.74) is -0.445. The number of alkyl halides is 4. The molecule has 9 aliphatic rings. The molecule has 0 spiro atoms. The van der Waals surface area contributed by atoms with E-state index in [4.69, 9.17) is 183 Å². The molecule has 59 heteroatoms. The van der Waals surface area contributed by atoms with E-state index < -0.39 is 203 Å². The van der Waals surface area contributed by atoms with Crippen molar-refractivity contribution < 1.29 is 182 Å². The van der Waals surface area contributed by atoms with Crippen molar-refractivity contribution in [1.82, 2.24) is 38.9 Å². The Bertz CT molecular complexity index is 6390. The van der Waals surface area contributed by atoms with Crippen LogP contribution in [-0.2, 0) is 105 Å². The number of nitrogens with zero attached hydrogens (tertiary/aromatic N) is 4. The Labute approximate surface area is 759 Å². The second-order valence-corrected chi connectivity index (χ2v) is 36.0. The number of fused-ring (bicyclic) bond motifs is 4. The molecule has 0 radical (unpaired) electrons. The first-order chi connectivity index (χ1) is 62.5. The summed E-state index contributed by atoms with van der Waals surface area (Å²) in [6.45, 7) is -7.60. The zero-order valence-electron chi connectivity index (χ0n) is 70.8. The average molecular weight is 2030 g/mol. The van der Waals surface area contributed by atoms with Gasteiger partial charge in [0.25, 0.3) is 46.0 Å². The number of carbonyl (C=O) groups excluding carboxylic acids is 1. The molecule has 4 unspecified atom stereocenters. The predicted octanol–water partition coefficient (Wildman–Crippen LogP) is 8.11. The van der Waals surface area contributed by atoms with E-state index in [0.717, 1.165) is 33.9 Å². The van der Waals surface area contributed by atoms with Gasteiger partial charge in [-0.2, -0.15) is 0 Å². The molecule has 0 bridgehead atoms. The Hall–Kier alpha value is -7.67. The van der Waals surface area contributed by atoms with Crippen LogP contribution in [-0.4, -0.2) is 214 Å². The maximum Gasteiger partial charge on any atom is 0.530 e. The van der Waals surface area contributed by atoms with Crippen molar-refractivity contribution in [3.63, 3.8) is 0 Å². The van der Waals surface area contributed by atoms with Gasteiger partial charge in [-0.3, -0.25) is 84.0 Å². The Balaban J connectivity index is 0.000000152. The van der Waals surface area contributed by atoms with E-state index in [-0.39, 0.29) is 87.0 Å². The Morgan fingerprint density at radius 1 is 0.469 bits per heavy atom. The van der Waals surface area contributed by atoms with Gasteiger partial charge in [-0.25, -0.2) is 35.8 Å². The van der Waals surface area contributed by atoms with Gasteiger partial charge in [0.05, 0.1) is 63.1 Å². The van der Waals surface area contributed by atoms with Crippen molar-refractivity contribution in [2.24, 2.45) is 0 Å². The van der Waals surface area contributed by atoms with Crippen LogP contribution in [0.15, 0.2) is 129 Å². The number of amides is 1. The quantitative estimate of drug-likeness (QED) is 0.0195. The third kappa shape index (κ3) is 20.1. The van der Waals surface area contributed by atoms with Crippen molar-refractivity contribution in [3.8, 4) is 46.0 Å². The summed E-state index contributed by atoms with van der Waals surface area (Å²) >= 11 is 37.8. The maximum atomic E-state index is 15.9. The summed E-state index contributed by atoms with van der Waals surface area (Å²) in [4.78, 5) is 53.4. The average Bonchev–Trinajstić information content (AvgIpc) is 1.55. The lowest BCUT2D eigenvalue weighted by Crippen LogP contribution is -2.47. The lowest BCUT2D eigenvalue weighted by Gasteiger charge is -2.33. The number of nitrogens with one attached hydrogen (secondary N) is 4. The standard InChI is InChI=1S/C18H19ClFN2O9P.3C17H17ClFN2O9PS/c1-9-21-16(25)11(19)6-22(9)17-13(23)15(24)18(20,30-17)8-29-32(26)28-7-10-4-3-5-12(27-2)14(10)31-32;3*1-26-10-4-2-3-8-6-27-31(25,30-12(8)10)28-7-17(19)13(23)11(22)15(29-17)21-5-9(18)14(24)20-16(21)32/h3-6,13,15,17,23-24H,1,7-8H2,2H3,(H,21,25);3*2-5,11,13,15,22-23H,6-7H2,1H3,(H,20,24,32)/t13-,15+,17-,18-,32?;3*11-,13+,15-,17-,31?/m1111/s1/i8D2,17D;15D;7D2;. The van der Waals surface area contributed by atoms with Gasteiger partial charge in [0.2, 0.25) is 0 Å². The molecule has 3 aromatic heterocycles. The number of aliphatic hydroxyl groups is 8. The summed E-state index contributed by atoms with van der Waals surface area (Å²) in [7, 11) is -13.1. The van der Waals surface area contributed by atoms with Crippen molar-refractivity contribution in [2.75, 3.05) is 54.8 Å². The number of aliphatic hydroxyl groups excluding tert-OH is 8. The minimum absolute atomic E-state index is 0.0664. The first-order valence-corrected chi connectivity index (χ1v) is 44.3. The van der Waals surface area contributed by atoms with Crippen molar-refractivity contribution >= 4 is 120 Å². The predicted molar refractivity (Wildman–Crippen MR) is 432 cm³/mol. The minimum atomic E-state index is -4.90. The summed E-state index contributed by atoms with van der Waals surface area (Å²) < 4.78 is 266. The lowest BCUT2D eigenvalue weighted by atomic mass is 10.1. The fraction of sp³-hybridized carbons (Fsp3) is 0.406. The molecule has 20 atom stereocenters. The molecular weight excluding hydrogens is 1950 g/mol. The van der Waals surface area contributed by atoms with Crippen LogP contribution in [0.25, 0.3) is 0 Å². The second-order valence-electron chi connectivity index (χ2n) is 27.0. The number of para-hydroxylation sites is 4. The van der Waals surface area contributed by atoms with Crippen molar-refractivity contribution in [1.29, 1.82) is 0 Å². The van der Waals surface area contributed by atoms with Gasteiger partial charge in [-0.1, -0.05) is 102 Å². The monoisotopic (exact) mass is 2030 g/mol. The number of phosphoric acid groups is 4. The second kappa shape index (κ2) is 38.5. The van der Waals surface area contributed by atoms with Gasteiger partial charge < -0.3 is 107 Å². The van der Waals surface area contributed by atoms with Crippen LogP contribution in [0.4, 0.5) is 17.6 Å². The fourth-order valence-electron chi connectivity index (χ4n) is 12.2. The highest BCUT2D eigenvalue weighted by Gasteiger charge is 2.63. The van der Waals surface area contributed by atoms with E-state index in [1.807, 2.05) is 0 Å². The normalized spacial score (nSPS) is 34.5. The topological polar surface area (TPSA) is 560 Å². The molecule has 0 aliphatic carbocycles. The molecule has 12 heterocycles. The number of halogens is 8. The molecular formula is C69H70Cl4F4N8O36P4S3. The van der Waals surface area contributed by atoms with Crippen LogP contribution in [0.3, 0.4) is 0 Å². The van der Waals surface area contributed by atoms with E-state index >= 15 is 17.6 Å². The fourth-order valence-corrected chi connectivity index (χ4v) is 18.3. The Morgan fingerprint density at radius 2 is 0.766 bits per heavy atom. The molecule has 696 valence electrons. The first kappa shape index (κ1) is 89.5. The number of benzene rings is 4. The summed E-state index contributed by atoms with van der Waals surface area (Å²) in [5, 5.41) is 83.3. The van der Waals surface area contributed by atoms with Gasteiger partial charge in [-0.05, 0) is 60.9 Å². The molecule has 7 aromatic rings. The van der Waals surface area contributed by atoms with Crippen molar-refractivity contribution in [2.45, 2.75) is 124 Å². The zero-order chi connectivity index (χ0) is 98.5. The number of H-pyrrole nitrogens is 3. The molecule has 44 nitrogen and oxygen atoms in total. The number of hydrogen-bond acceptors (Lipinski definition) is 40. The third-order valence-electron chi connectivity index (χ3n) is 18.8. The Morgan fingerprint density at radius 3 is 1.14 bits per heavy atom. The molecule has 16 rings (SSSR count). The van der Waals surface area contributed by atoms with Gasteiger partial charge in [0.15, 0.2) is 85.2 Å². The number of aromatic amines is 3. The Kier molecular flexibility index (Phi) is 26.9. The summed E-state index contributed by atoms with van der Waals surface area (Å²) in [6.07, 6.45) is -24.2. The smallest absolute Gasteiger partial charge is 0.493 e. The molecule has 12 N–H and O–H groups in total. The van der Waals surface area contributed by atoms with E-state index in [1.54, 1.807) is 60.7 Å². The first-order valence-electron chi connectivity index (χ1n) is 38.8. The molecule has 1 amide bonds. The lowest BCUT2D eigenvalue weighted by molar-refractivity contribution is -0.208. The van der Waals surface area contributed by atoms with Crippen molar-refractivity contribution in [3.05, 3.63) is 198 Å². The number of carbonyl (C=O) groups is 1. The minimum Gasteiger partial charge on any atom is -0.493 e. The molecule has 128 heavy (non-hydrogen) atoms. The van der Waals surface area contributed by atoms with E-state index in [2.05, 4.69) is 26.8 Å². The number of rotatable bonds is 20. The van der Waals surface area contributed by atoms with Crippen LogP contribution in [0.1, 0.15) is 49.1 Å². The summed E-state index contributed by atoms with van der Waals surface area (Å²) in [5.74, 6) is -14.6. The van der Waals surface area contributed by atoms with Gasteiger partial charge >= 0.3 is 31.3 Å². The molecule has 4 aromatic carbocycles. The van der Waals surface area contributed by atoms with E-state index in [1.165, 1.54) is 40.6 Å². The molecule has 0 saturated carbocycles. The number of methoxy groups -OCH3 is 4.